The van der Waals surface area contributed by atoms with Crippen molar-refractivity contribution in [1.82, 2.24) is 10.2 Å². The number of hydrogen-bond acceptors (Lipinski definition) is 4. The fraction of sp³-hybridized carbons (Fsp3) is 0.444. The van der Waals surface area contributed by atoms with Gasteiger partial charge < -0.3 is 20.1 Å². The number of piperidine rings is 1. The number of carboxylic acid groups (broad SMARTS) is 1. The summed E-state index contributed by atoms with van der Waals surface area (Å²) < 4.78 is 5.65. The number of carboxylic acids is 1. The van der Waals surface area contributed by atoms with Gasteiger partial charge in [-0.2, -0.15) is 0 Å². The number of alkyl carbamates (subject to hydrolysis) is 1. The van der Waals surface area contributed by atoms with Crippen LogP contribution in [0.1, 0.15) is 55.6 Å². The lowest BCUT2D eigenvalue weighted by Gasteiger charge is -2.35. The summed E-state index contributed by atoms with van der Waals surface area (Å²) in [7, 11) is 0. The molecule has 1 atom stereocenters. The highest BCUT2D eigenvalue weighted by molar-refractivity contribution is 5.93. The predicted octanol–water partition coefficient (Wildman–Crippen LogP) is 4.16. The molecule has 34 heavy (non-hydrogen) atoms. The van der Waals surface area contributed by atoms with Crippen molar-refractivity contribution in [2.75, 3.05) is 19.7 Å². The number of fused-ring (bicyclic) bond motifs is 3. The van der Waals surface area contributed by atoms with Crippen LogP contribution < -0.4 is 5.32 Å². The number of nitrogens with zero attached hydrogens (tertiary/aromatic N) is 1. The number of benzene rings is 2. The van der Waals surface area contributed by atoms with Crippen LogP contribution >= 0.6 is 0 Å². The van der Waals surface area contributed by atoms with Gasteiger partial charge in [0, 0.05) is 25.4 Å². The molecule has 1 aliphatic heterocycles. The number of aliphatic carboxylic acids is 1. The molecule has 1 unspecified atom stereocenters. The minimum atomic E-state index is -0.878. The van der Waals surface area contributed by atoms with Crippen molar-refractivity contribution in [1.29, 1.82) is 0 Å². The fourth-order valence-corrected chi connectivity index (χ4v) is 5.46. The number of rotatable bonds is 7. The second-order valence-electron chi connectivity index (χ2n) is 9.72. The summed E-state index contributed by atoms with van der Waals surface area (Å²) in [5, 5.41) is 11.8. The maximum absolute atomic E-state index is 13.2. The highest BCUT2D eigenvalue weighted by Crippen LogP contribution is 2.44. The number of hydrogen-bond donors (Lipinski definition) is 2. The van der Waals surface area contributed by atoms with E-state index in [1.54, 1.807) is 4.90 Å². The smallest absolute Gasteiger partial charge is 0.408 e. The van der Waals surface area contributed by atoms with Crippen LogP contribution in [0.15, 0.2) is 48.5 Å². The standard InChI is InChI=1S/C27H30N2O5/c30-24(31)12-11-18-6-5-15-29(16-18)25(32)27(13-14-27)28-26(33)34-17-23-21-9-3-1-7-19(21)20-8-2-4-10-22(20)23/h1-4,7-10,18,23H,5-6,11-17H2,(H,28,33)(H,30,31). The Bertz CT molecular complexity index is 1060. The van der Waals surface area contributed by atoms with Crippen molar-refractivity contribution in [3.05, 3.63) is 59.7 Å². The van der Waals surface area contributed by atoms with E-state index in [9.17, 15) is 14.4 Å². The molecule has 5 rings (SSSR count). The molecule has 2 amide bonds. The summed E-state index contributed by atoms with van der Waals surface area (Å²) in [6.07, 6.45) is 3.13. The van der Waals surface area contributed by atoms with Crippen molar-refractivity contribution < 1.29 is 24.2 Å². The molecule has 0 aromatic heterocycles. The van der Waals surface area contributed by atoms with Gasteiger partial charge in [0.2, 0.25) is 5.91 Å². The maximum Gasteiger partial charge on any atom is 0.408 e. The number of likely N-dealkylation sites (tertiary alicyclic amines) is 1. The lowest BCUT2D eigenvalue weighted by Crippen LogP contribution is -2.53. The van der Waals surface area contributed by atoms with Gasteiger partial charge in [0.1, 0.15) is 12.1 Å². The van der Waals surface area contributed by atoms with Crippen LogP contribution in [0.3, 0.4) is 0 Å². The van der Waals surface area contributed by atoms with Gasteiger partial charge in [0.25, 0.3) is 0 Å². The second-order valence-corrected chi connectivity index (χ2v) is 9.72. The Morgan fingerprint density at radius 2 is 1.68 bits per heavy atom. The number of ether oxygens (including phenoxy) is 1. The van der Waals surface area contributed by atoms with Gasteiger partial charge in [-0.05, 0) is 60.3 Å². The predicted molar refractivity (Wildman–Crippen MR) is 126 cm³/mol. The third kappa shape index (κ3) is 4.39. The van der Waals surface area contributed by atoms with E-state index >= 15 is 0 Å². The largest absolute Gasteiger partial charge is 0.481 e. The third-order valence-corrected chi connectivity index (χ3v) is 7.42. The summed E-state index contributed by atoms with van der Waals surface area (Å²) in [5.74, 6) is -0.708. The van der Waals surface area contributed by atoms with Crippen LogP contribution in [-0.4, -0.2) is 53.2 Å². The zero-order valence-electron chi connectivity index (χ0n) is 19.2. The SMILES string of the molecule is O=C(O)CCC1CCCN(C(=O)C2(NC(=O)OCC3c4ccccc4-c4ccccc43)CC2)C1. The summed E-state index contributed by atoms with van der Waals surface area (Å²) in [6, 6.07) is 16.4. The second kappa shape index (κ2) is 9.12. The zero-order valence-corrected chi connectivity index (χ0v) is 19.2. The molecular formula is C27H30N2O5. The molecular weight excluding hydrogens is 432 g/mol. The van der Waals surface area contributed by atoms with E-state index in [-0.39, 0.29) is 30.8 Å². The van der Waals surface area contributed by atoms with E-state index in [4.69, 9.17) is 9.84 Å². The number of nitrogens with one attached hydrogen (secondary N) is 1. The molecule has 0 bridgehead atoms. The summed E-state index contributed by atoms with van der Waals surface area (Å²) >= 11 is 0. The van der Waals surface area contributed by atoms with Crippen molar-refractivity contribution in [2.24, 2.45) is 5.92 Å². The Labute approximate surface area is 199 Å². The average Bonchev–Trinajstić information content (AvgIpc) is 3.56. The first kappa shape index (κ1) is 22.4. The van der Waals surface area contributed by atoms with Gasteiger partial charge in [0.05, 0.1) is 0 Å². The molecule has 2 aliphatic carbocycles. The van der Waals surface area contributed by atoms with Gasteiger partial charge in [0.15, 0.2) is 0 Å². The molecule has 2 aromatic carbocycles. The average molecular weight is 463 g/mol. The Morgan fingerprint density at radius 3 is 2.29 bits per heavy atom. The van der Waals surface area contributed by atoms with Crippen molar-refractivity contribution in [3.63, 3.8) is 0 Å². The first-order valence-electron chi connectivity index (χ1n) is 12.1. The Morgan fingerprint density at radius 1 is 1.03 bits per heavy atom. The molecule has 2 N–H and O–H groups in total. The highest BCUT2D eigenvalue weighted by Gasteiger charge is 2.54. The first-order valence-corrected chi connectivity index (χ1v) is 12.1. The molecule has 1 saturated heterocycles. The molecule has 7 heteroatoms. The van der Waals surface area contributed by atoms with E-state index in [1.165, 1.54) is 11.1 Å². The molecule has 2 fully saturated rings. The van der Waals surface area contributed by atoms with Crippen LogP contribution in [0, 0.1) is 5.92 Å². The number of carbonyl (C=O) groups excluding carboxylic acids is 2. The lowest BCUT2D eigenvalue weighted by molar-refractivity contribution is -0.137. The van der Waals surface area contributed by atoms with Crippen LogP contribution in [-0.2, 0) is 14.3 Å². The summed E-state index contributed by atoms with van der Waals surface area (Å²) in [5.41, 5.74) is 3.76. The Hall–Kier alpha value is -3.35. The van der Waals surface area contributed by atoms with Gasteiger partial charge in [-0.15, -0.1) is 0 Å². The molecule has 0 spiro atoms. The molecule has 2 aromatic rings. The highest BCUT2D eigenvalue weighted by atomic mass is 16.5. The van der Waals surface area contributed by atoms with Crippen molar-refractivity contribution in [3.8, 4) is 11.1 Å². The molecule has 7 nitrogen and oxygen atoms in total. The van der Waals surface area contributed by atoms with Crippen LogP contribution in [0.2, 0.25) is 0 Å². The topological polar surface area (TPSA) is 95.9 Å². The van der Waals surface area contributed by atoms with E-state index < -0.39 is 17.6 Å². The monoisotopic (exact) mass is 462 g/mol. The molecule has 3 aliphatic rings. The minimum Gasteiger partial charge on any atom is -0.481 e. The normalized spacial score (nSPS) is 20.2. The Balaban J connectivity index is 1.19. The Kier molecular flexibility index (Phi) is 6.02. The van der Waals surface area contributed by atoms with Crippen molar-refractivity contribution >= 4 is 18.0 Å². The minimum absolute atomic E-state index is 0.0268. The van der Waals surface area contributed by atoms with Gasteiger partial charge in [-0.1, -0.05) is 48.5 Å². The van der Waals surface area contributed by atoms with Crippen LogP contribution in [0.25, 0.3) is 11.1 Å². The first-order chi connectivity index (χ1) is 16.5. The van der Waals surface area contributed by atoms with Crippen LogP contribution in [0.4, 0.5) is 4.79 Å². The molecule has 178 valence electrons. The maximum atomic E-state index is 13.2. The number of amides is 2. The molecule has 1 saturated carbocycles. The van der Waals surface area contributed by atoms with Gasteiger partial charge >= 0.3 is 12.1 Å². The molecule has 1 heterocycles. The lowest BCUT2D eigenvalue weighted by atomic mass is 9.93. The number of carbonyl (C=O) groups is 3. The van der Waals surface area contributed by atoms with E-state index in [2.05, 4.69) is 29.6 Å². The quantitative estimate of drug-likeness (QED) is 0.644. The van der Waals surface area contributed by atoms with E-state index in [1.807, 2.05) is 24.3 Å². The summed E-state index contributed by atoms with van der Waals surface area (Å²) in [6.45, 7) is 1.42. The molecule has 0 radical (unpaired) electrons. The van der Waals surface area contributed by atoms with Gasteiger partial charge in [-0.3, -0.25) is 9.59 Å². The van der Waals surface area contributed by atoms with Gasteiger partial charge in [-0.25, -0.2) is 4.79 Å². The van der Waals surface area contributed by atoms with Crippen molar-refractivity contribution in [2.45, 2.75) is 50.0 Å². The van der Waals surface area contributed by atoms with Crippen LogP contribution in [0.5, 0.6) is 0 Å². The summed E-state index contributed by atoms with van der Waals surface area (Å²) in [4.78, 5) is 38.7. The third-order valence-electron chi connectivity index (χ3n) is 7.42. The fourth-order valence-electron chi connectivity index (χ4n) is 5.46. The van der Waals surface area contributed by atoms with E-state index in [0.717, 1.165) is 24.0 Å². The zero-order chi connectivity index (χ0) is 23.7. The van der Waals surface area contributed by atoms with E-state index in [0.29, 0.717) is 32.4 Å².